The van der Waals surface area contributed by atoms with Gasteiger partial charge in [-0.2, -0.15) is 0 Å². The Morgan fingerprint density at radius 2 is 1.95 bits per heavy atom. The molecule has 1 unspecified atom stereocenters. The lowest BCUT2D eigenvalue weighted by Gasteiger charge is -2.18. The number of benzene rings is 1. The van der Waals surface area contributed by atoms with Gasteiger partial charge in [-0.05, 0) is 24.8 Å². The number of halogens is 2. The zero-order valence-corrected chi connectivity index (χ0v) is 12.0. The van der Waals surface area contributed by atoms with E-state index >= 15 is 0 Å². The number of amides is 1. The van der Waals surface area contributed by atoms with Crippen molar-refractivity contribution in [2.45, 2.75) is 38.5 Å². The Morgan fingerprint density at radius 3 is 2.45 bits per heavy atom. The van der Waals surface area contributed by atoms with Crippen LogP contribution in [-0.2, 0) is 4.79 Å². The van der Waals surface area contributed by atoms with Crippen molar-refractivity contribution in [1.82, 2.24) is 5.32 Å². The number of hydrogen-bond donors (Lipinski definition) is 2. The summed E-state index contributed by atoms with van der Waals surface area (Å²) in [6, 6.07) is 7.92. The number of nitrogens with two attached hydrogens (primary N) is 1. The molecule has 0 aliphatic carbocycles. The molecule has 0 aliphatic heterocycles. The molecular formula is C15H22F2N2O. The Hall–Kier alpha value is -1.49. The molecule has 3 nitrogen and oxygen atoms in total. The van der Waals surface area contributed by atoms with Crippen LogP contribution in [0.4, 0.5) is 8.78 Å². The van der Waals surface area contributed by atoms with E-state index in [0.29, 0.717) is 0 Å². The van der Waals surface area contributed by atoms with Crippen molar-refractivity contribution in [2.24, 2.45) is 5.73 Å². The van der Waals surface area contributed by atoms with Gasteiger partial charge in [0.05, 0.1) is 13.1 Å². The number of nitrogens with one attached hydrogen (secondary N) is 1. The van der Waals surface area contributed by atoms with Crippen LogP contribution in [0.5, 0.6) is 0 Å². The molecule has 0 aliphatic rings. The summed E-state index contributed by atoms with van der Waals surface area (Å²) >= 11 is 0. The number of hydrogen-bond acceptors (Lipinski definition) is 2. The molecule has 0 bridgehead atoms. The lowest BCUT2D eigenvalue weighted by atomic mass is 9.92. The number of carbonyl (C=O) groups is 1. The third-order valence-electron chi connectivity index (χ3n) is 3.32. The monoisotopic (exact) mass is 284 g/mol. The van der Waals surface area contributed by atoms with Crippen LogP contribution in [-0.4, -0.2) is 24.9 Å². The Kier molecular flexibility index (Phi) is 6.07. The van der Waals surface area contributed by atoms with Gasteiger partial charge in [-0.1, -0.05) is 36.8 Å². The van der Waals surface area contributed by atoms with Crippen LogP contribution in [0, 0.1) is 6.92 Å². The highest BCUT2D eigenvalue weighted by Gasteiger charge is 2.27. The summed E-state index contributed by atoms with van der Waals surface area (Å²) in [4.78, 5) is 11.7. The molecule has 0 heterocycles. The van der Waals surface area contributed by atoms with Gasteiger partial charge >= 0.3 is 0 Å². The van der Waals surface area contributed by atoms with Gasteiger partial charge in [-0.15, -0.1) is 0 Å². The van der Waals surface area contributed by atoms with Gasteiger partial charge in [0.1, 0.15) is 0 Å². The van der Waals surface area contributed by atoms with Gasteiger partial charge in [-0.25, -0.2) is 8.78 Å². The van der Waals surface area contributed by atoms with Crippen molar-refractivity contribution >= 4 is 5.91 Å². The van der Waals surface area contributed by atoms with E-state index < -0.39 is 19.0 Å². The standard InChI is InChI=1S/C15H22F2N2O/c1-3-12(13-6-4-11(2)5-7-13)8-14(20)19-10-15(16,17)9-18/h4-7,12H,3,8-10,18H2,1-2H3,(H,19,20). The number of aryl methyl sites for hydroxylation is 1. The quantitative estimate of drug-likeness (QED) is 0.808. The van der Waals surface area contributed by atoms with Gasteiger partial charge in [0.15, 0.2) is 0 Å². The van der Waals surface area contributed by atoms with Crippen LogP contribution in [0.3, 0.4) is 0 Å². The average molecular weight is 284 g/mol. The fourth-order valence-electron chi connectivity index (χ4n) is 1.93. The lowest BCUT2D eigenvalue weighted by Crippen LogP contribution is -2.41. The van der Waals surface area contributed by atoms with Crippen molar-refractivity contribution in [3.63, 3.8) is 0 Å². The minimum absolute atomic E-state index is 0.0436. The van der Waals surface area contributed by atoms with Crippen LogP contribution in [0.25, 0.3) is 0 Å². The fraction of sp³-hybridized carbons (Fsp3) is 0.533. The van der Waals surface area contributed by atoms with E-state index in [-0.39, 0.29) is 18.2 Å². The molecule has 1 atom stereocenters. The van der Waals surface area contributed by atoms with Crippen molar-refractivity contribution < 1.29 is 13.6 Å². The van der Waals surface area contributed by atoms with Gasteiger partial charge < -0.3 is 11.1 Å². The number of carbonyl (C=O) groups excluding carboxylic acids is 1. The van der Waals surface area contributed by atoms with E-state index in [2.05, 4.69) is 5.32 Å². The van der Waals surface area contributed by atoms with Crippen LogP contribution < -0.4 is 11.1 Å². The van der Waals surface area contributed by atoms with Gasteiger partial charge in [0.2, 0.25) is 5.91 Å². The summed E-state index contributed by atoms with van der Waals surface area (Å²) in [6.07, 6.45) is 0.990. The molecule has 0 spiro atoms. The Balaban J connectivity index is 2.56. The highest BCUT2D eigenvalue weighted by Crippen LogP contribution is 2.23. The van der Waals surface area contributed by atoms with Crippen molar-refractivity contribution in [2.75, 3.05) is 13.1 Å². The number of rotatable bonds is 7. The van der Waals surface area contributed by atoms with Gasteiger partial charge in [0, 0.05) is 6.42 Å². The predicted molar refractivity (Wildman–Crippen MR) is 75.8 cm³/mol. The van der Waals surface area contributed by atoms with E-state index in [0.717, 1.165) is 17.5 Å². The van der Waals surface area contributed by atoms with Crippen molar-refractivity contribution in [1.29, 1.82) is 0 Å². The summed E-state index contributed by atoms with van der Waals surface area (Å²) < 4.78 is 25.9. The zero-order chi connectivity index (χ0) is 15.2. The molecule has 0 saturated heterocycles. The van der Waals surface area contributed by atoms with Gasteiger partial charge in [-0.3, -0.25) is 4.79 Å². The first-order chi connectivity index (χ1) is 9.38. The summed E-state index contributed by atoms with van der Waals surface area (Å²) in [6.45, 7) is 2.51. The lowest BCUT2D eigenvalue weighted by molar-refractivity contribution is -0.123. The molecule has 0 fully saturated rings. The van der Waals surface area contributed by atoms with E-state index in [1.807, 2.05) is 38.1 Å². The average Bonchev–Trinajstić information content (AvgIpc) is 2.44. The molecular weight excluding hydrogens is 262 g/mol. The van der Waals surface area contributed by atoms with Crippen LogP contribution in [0.15, 0.2) is 24.3 Å². The van der Waals surface area contributed by atoms with Crippen molar-refractivity contribution in [3.05, 3.63) is 35.4 Å². The molecule has 0 radical (unpaired) electrons. The maximum atomic E-state index is 13.0. The summed E-state index contributed by atoms with van der Waals surface area (Å²) in [5.41, 5.74) is 7.13. The van der Waals surface area contributed by atoms with E-state index in [9.17, 15) is 13.6 Å². The first-order valence-corrected chi connectivity index (χ1v) is 6.79. The Labute approximate surface area is 118 Å². The molecule has 1 aromatic carbocycles. The van der Waals surface area contributed by atoms with Gasteiger partial charge in [0.25, 0.3) is 5.92 Å². The third-order valence-corrected chi connectivity index (χ3v) is 3.32. The topological polar surface area (TPSA) is 55.1 Å². The molecule has 1 aromatic rings. The normalized spacial score (nSPS) is 13.1. The molecule has 1 rings (SSSR count). The minimum atomic E-state index is -3.04. The highest BCUT2D eigenvalue weighted by atomic mass is 19.3. The third kappa shape index (κ3) is 5.25. The summed E-state index contributed by atoms with van der Waals surface area (Å²) in [7, 11) is 0. The van der Waals surface area contributed by atoms with Crippen LogP contribution in [0.2, 0.25) is 0 Å². The second kappa shape index (κ2) is 7.33. The highest BCUT2D eigenvalue weighted by molar-refractivity contribution is 5.76. The zero-order valence-electron chi connectivity index (χ0n) is 12.0. The smallest absolute Gasteiger partial charge is 0.277 e. The van der Waals surface area contributed by atoms with E-state index in [1.54, 1.807) is 0 Å². The molecule has 5 heteroatoms. The predicted octanol–water partition coefficient (Wildman–Crippen LogP) is 2.59. The largest absolute Gasteiger partial charge is 0.350 e. The second-order valence-electron chi connectivity index (χ2n) is 5.06. The van der Waals surface area contributed by atoms with E-state index in [4.69, 9.17) is 5.73 Å². The number of alkyl halides is 2. The Morgan fingerprint density at radius 1 is 1.35 bits per heavy atom. The van der Waals surface area contributed by atoms with E-state index in [1.165, 1.54) is 0 Å². The maximum absolute atomic E-state index is 13.0. The van der Waals surface area contributed by atoms with Crippen LogP contribution >= 0.6 is 0 Å². The van der Waals surface area contributed by atoms with Crippen LogP contribution in [0.1, 0.15) is 36.8 Å². The van der Waals surface area contributed by atoms with Crippen molar-refractivity contribution in [3.8, 4) is 0 Å². The molecule has 3 N–H and O–H groups in total. The summed E-state index contributed by atoms with van der Waals surface area (Å²) in [5, 5.41) is 2.25. The minimum Gasteiger partial charge on any atom is -0.350 e. The molecule has 0 aromatic heterocycles. The maximum Gasteiger partial charge on any atom is 0.277 e. The molecule has 1 amide bonds. The molecule has 20 heavy (non-hydrogen) atoms. The first kappa shape index (κ1) is 16.6. The fourth-order valence-corrected chi connectivity index (χ4v) is 1.93. The first-order valence-electron chi connectivity index (χ1n) is 6.79. The molecule has 112 valence electrons. The second-order valence-corrected chi connectivity index (χ2v) is 5.06. The summed E-state index contributed by atoms with van der Waals surface area (Å²) in [5.74, 6) is -3.37. The molecule has 0 saturated carbocycles. The SMILES string of the molecule is CCC(CC(=O)NCC(F)(F)CN)c1ccc(C)cc1. The Bertz CT molecular complexity index is 432.